The van der Waals surface area contributed by atoms with Gasteiger partial charge in [-0.05, 0) is 76.6 Å². The summed E-state index contributed by atoms with van der Waals surface area (Å²) in [5.74, 6) is 0. The topological polar surface area (TPSA) is 90.8 Å². The van der Waals surface area contributed by atoms with Crippen LogP contribution in [0.1, 0.15) is 62.8 Å². The molecule has 2 rings (SSSR count). The maximum Gasteiger partial charge on any atom is 0.0543 e. The summed E-state index contributed by atoms with van der Waals surface area (Å²) in [7, 11) is 0. The number of nitrogens with zero attached hydrogens (tertiary/aromatic N) is 6. The third-order valence-corrected chi connectivity index (χ3v) is 6.91. The third kappa shape index (κ3) is 71.8. The first kappa shape index (κ1) is 109. The largest absolute Gasteiger partial charge is 0.358 e. The first-order chi connectivity index (χ1) is 23.4. The molecule has 2 aromatic rings. The molecule has 0 atom stereocenters. The van der Waals surface area contributed by atoms with Crippen molar-refractivity contribution in [2.75, 3.05) is 78.5 Å². The van der Waals surface area contributed by atoms with Crippen LogP contribution in [0.4, 0.5) is 0 Å². The van der Waals surface area contributed by atoms with Crippen molar-refractivity contribution >= 4 is 0 Å². The summed E-state index contributed by atoms with van der Waals surface area (Å²) in [6, 6.07) is 12.0. The molecule has 8 nitrogen and oxygen atoms in total. The van der Waals surface area contributed by atoms with E-state index >= 15 is 0 Å². The molecule has 2 heterocycles. The van der Waals surface area contributed by atoms with Gasteiger partial charge in [0.15, 0.2) is 0 Å². The van der Waals surface area contributed by atoms with Crippen LogP contribution in [0.2, 0.25) is 0 Å². The molecule has 0 aliphatic rings. The van der Waals surface area contributed by atoms with Gasteiger partial charge >= 0.3 is 0 Å². The van der Waals surface area contributed by atoms with Gasteiger partial charge in [0.2, 0.25) is 0 Å². The fourth-order valence-electron chi connectivity index (χ4n) is 4.81. The van der Waals surface area contributed by atoms with Crippen molar-refractivity contribution in [3.05, 3.63) is 190 Å². The molecule has 0 aliphatic heterocycles. The van der Waals surface area contributed by atoms with Crippen LogP contribution >= 0.6 is 0 Å². The van der Waals surface area contributed by atoms with E-state index in [2.05, 4.69) is 97.1 Å². The van der Waals surface area contributed by atoms with Gasteiger partial charge in [0.05, 0.1) is 11.4 Å². The molecule has 0 saturated heterocycles. The fourth-order valence-corrected chi connectivity index (χ4v) is 4.81. The van der Waals surface area contributed by atoms with Crippen molar-refractivity contribution in [2.45, 2.75) is 64.5 Å². The Morgan fingerprint density at radius 3 is 0.710 bits per heavy atom. The fraction of sp³-hybridized carbons (Fsp3) is 0.440. The predicted molar refractivity (Wildman–Crippen MR) is 274 cm³/mol. The van der Waals surface area contributed by atoms with Crippen LogP contribution in [0.25, 0.3) is 0 Å². The summed E-state index contributed by atoms with van der Waals surface area (Å²) in [5.41, 5.74) is 13.1. The summed E-state index contributed by atoms with van der Waals surface area (Å²) in [4.78, 5) is 17.9. The third-order valence-electron chi connectivity index (χ3n) is 6.91. The van der Waals surface area contributed by atoms with Gasteiger partial charge in [-0.1, -0.05) is 12.1 Å². The SMILES string of the molecule is [CH2-]CCN(CC[CH2-])CCN.[CH2-]CCN(CC[CH2-])CCN.[CH2-]CCN(CC[CH2-])Cc1ccccn1.[CH2-]CCN(CC[CH2-])Cc1ccccn1.[CH3-].[CH3-].[CH3-].[CH3-].[CH3-].[CH3-].[CH3-].[CH3-].[CH3-].[CH3-].[Mn].[Mn].[Mn].[Mn]. The Kier molecular flexibility index (Phi) is 155. The standard InChI is InChI=1S/2C12H18N2.2C8H18N2.10CH3.4Mn/c2*1-3-9-14(10-4-2)11-12-7-5-6-8-13-12;2*1-3-6-10(7-4-2)8-5-9;;;;;;;;;;;;;;/h2*5-8H,1-4,9-11H2;2*1-9H2;10*1H3;;;;/q4*-2;10*-1;;;;. The summed E-state index contributed by atoms with van der Waals surface area (Å²) in [5, 5.41) is 0. The van der Waals surface area contributed by atoms with Gasteiger partial charge in [0, 0.05) is 120 Å². The van der Waals surface area contributed by atoms with Crippen molar-refractivity contribution < 1.29 is 68.3 Å². The van der Waals surface area contributed by atoms with E-state index in [9.17, 15) is 0 Å². The zero-order chi connectivity index (χ0) is 36.1. The molecule has 0 unspecified atom stereocenters. The Morgan fingerprint density at radius 2 is 0.548 bits per heavy atom. The second-order valence-corrected chi connectivity index (χ2v) is 11.3. The van der Waals surface area contributed by atoms with Crippen LogP contribution in [0.15, 0.2) is 48.8 Å². The zero-order valence-electron chi connectivity index (χ0n) is 42.2. The summed E-state index contributed by atoms with van der Waals surface area (Å²) >= 11 is 0. The first-order valence-corrected chi connectivity index (χ1v) is 17.9. The number of pyridine rings is 2. The molecule has 0 spiro atoms. The van der Waals surface area contributed by atoms with Gasteiger partial charge in [-0.2, -0.15) is 51.4 Å². The van der Waals surface area contributed by atoms with Crippen LogP contribution in [-0.2, 0) is 81.4 Å². The van der Waals surface area contributed by atoms with E-state index < -0.39 is 0 Å². The molecule has 0 aliphatic carbocycles. The van der Waals surface area contributed by atoms with Crippen molar-refractivity contribution in [1.82, 2.24) is 29.6 Å². The van der Waals surface area contributed by atoms with E-state index in [1.807, 2.05) is 36.7 Å². The van der Waals surface area contributed by atoms with E-state index in [-0.39, 0.29) is 143 Å². The van der Waals surface area contributed by atoms with Crippen molar-refractivity contribution in [2.24, 2.45) is 11.5 Å². The van der Waals surface area contributed by atoms with Crippen LogP contribution in [-0.4, -0.2) is 108 Å². The minimum atomic E-state index is 0. The van der Waals surface area contributed by atoms with Crippen molar-refractivity contribution in [3.8, 4) is 0 Å². The molecule has 0 fully saturated rings. The Hall–Kier alpha value is 0.138. The quantitative estimate of drug-likeness (QED) is 0.0794. The van der Waals surface area contributed by atoms with Gasteiger partial charge in [-0.25, -0.2) is 0 Å². The second-order valence-electron chi connectivity index (χ2n) is 11.3. The maximum atomic E-state index is 5.41. The molecule has 4 N–H and O–H groups in total. The molecular formula is C50H102Mn4N8-18. The molecule has 2 aromatic heterocycles. The monoisotopic (exact) mass is 1030 g/mol. The van der Waals surface area contributed by atoms with Crippen LogP contribution in [0, 0.1) is 130 Å². The predicted octanol–water partition coefficient (Wildman–Crippen LogP) is 10.5. The second kappa shape index (κ2) is 88.0. The van der Waals surface area contributed by atoms with Gasteiger partial charge in [-0.15, -0.1) is 0 Å². The minimum absolute atomic E-state index is 0. The maximum absolute atomic E-state index is 5.41. The molecule has 0 saturated carbocycles. The van der Waals surface area contributed by atoms with Crippen LogP contribution in [0.5, 0.6) is 0 Å². The Labute approximate surface area is 439 Å². The van der Waals surface area contributed by atoms with E-state index in [0.29, 0.717) is 0 Å². The first-order valence-electron chi connectivity index (χ1n) is 17.9. The Bertz CT molecular complexity index is 767. The summed E-state index contributed by atoms with van der Waals surface area (Å²) in [6.45, 7) is 44.1. The van der Waals surface area contributed by atoms with Gasteiger partial charge < -0.3 is 161 Å². The molecule has 0 amide bonds. The number of hydrogen-bond donors (Lipinski definition) is 2. The minimum Gasteiger partial charge on any atom is -0.358 e. The molecule has 4 radical (unpaired) electrons. The summed E-state index contributed by atoms with van der Waals surface area (Å²) in [6.07, 6.45) is 11.3. The Morgan fingerprint density at radius 1 is 0.339 bits per heavy atom. The van der Waals surface area contributed by atoms with E-state index in [1.54, 1.807) is 0 Å². The number of nitrogens with two attached hydrogens (primary N) is 2. The number of hydrogen-bond acceptors (Lipinski definition) is 8. The molecule has 0 aromatic carbocycles. The molecule has 12 heteroatoms. The van der Waals surface area contributed by atoms with Gasteiger partial charge in [0.25, 0.3) is 0 Å². The van der Waals surface area contributed by atoms with Gasteiger partial charge in [-0.3, -0.25) is 9.97 Å². The average molecular weight is 1040 g/mol. The number of aromatic nitrogens is 2. The number of rotatable bonds is 24. The van der Waals surface area contributed by atoms with Crippen molar-refractivity contribution in [1.29, 1.82) is 0 Å². The molecular weight excluding hydrogens is 932 g/mol. The summed E-state index contributed by atoms with van der Waals surface area (Å²) < 4.78 is 0. The Balaban J connectivity index is -0.0000000305. The van der Waals surface area contributed by atoms with E-state index in [4.69, 9.17) is 11.5 Å². The molecule has 62 heavy (non-hydrogen) atoms. The smallest absolute Gasteiger partial charge is 0.0543 e. The normalized spacial score (nSPS) is 8.35. The van der Waals surface area contributed by atoms with Crippen LogP contribution < -0.4 is 11.5 Å². The van der Waals surface area contributed by atoms with Gasteiger partial charge in [0.1, 0.15) is 0 Å². The molecule has 388 valence electrons. The van der Waals surface area contributed by atoms with E-state index in [1.165, 1.54) is 0 Å². The zero-order valence-corrected chi connectivity index (χ0v) is 46.9. The molecule has 0 bridgehead atoms. The van der Waals surface area contributed by atoms with Crippen LogP contribution in [0.3, 0.4) is 0 Å². The average Bonchev–Trinajstić information content (AvgIpc) is 3.08. The van der Waals surface area contributed by atoms with E-state index in [0.717, 1.165) is 154 Å². The van der Waals surface area contributed by atoms with Crippen molar-refractivity contribution in [3.63, 3.8) is 0 Å².